The summed E-state index contributed by atoms with van der Waals surface area (Å²) >= 11 is 0. The molecule has 0 spiro atoms. The molecular weight excluding hydrogens is 162 g/mol. The zero-order valence-corrected chi connectivity index (χ0v) is 7.36. The van der Waals surface area contributed by atoms with E-state index in [4.69, 9.17) is 5.26 Å². The Labute approximate surface area is 77.8 Å². The minimum atomic E-state index is 0.121. The number of benzene rings is 1. The third-order valence-corrected chi connectivity index (χ3v) is 1.79. The maximum atomic E-state index is 11.4. The standard InChI is InChI=1S/C11H11NO/c12-9-5-4-8-11(13)10-6-2-1-3-7-10/h1-3,6-7H,4-5,8H2. The third-order valence-electron chi connectivity index (χ3n) is 1.79. The third kappa shape index (κ3) is 3.08. The van der Waals surface area contributed by atoms with Crippen LogP contribution in [0.4, 0.5) is 0 Å². The molecule has 1 rings (SSSR count). The van der Waals surface area contributed by atoms with Gasteiger partial charge in [0.15, 0.2) is 5.78 Å². The summed E-state index contributed by atoms with van der Waals surface area (Å²) in [6.45, 7) is 0. The van der Waals surface area contributed by atoms with E-state index in [9.17, 15) is 4.79 Å². The summed E-state index contributed by atoms with van der Waals surface area (Å²) in [7, 11) is 0. The van der Waals surface area contributed by atoms with E-state index in [0.717, 1.165) is 5.56 Å². The molecule has 0 atom stereocenters. The molecule has 0 aliphatic rings. The van der Waals surface area contributed by atoms with E-state index in [2.05, 4.69) is 0 Å². The molecule has 0 aromatic heterocycles. The van der Waals surface area contributed by atoms with Crippen molar-refractivity contribution in [1.82, 2.24) is 0 Å². The van der Waals surface area contributed by atoms with E-state index >= 15 is 0 Å². The number of nitriles is 1. The van der Waals surface area contributed by atoms with Gasteiger partial charge in [-0.1, -0.05) is 30.3 Å². The molecule has 0 aliphatic carbocycles. The lowest BCUT2D eigenvalue weighted by Crippen LogP contribution is -1.97. The molecule has 66 valence electrons. The minimum absolute atomic E-state index is 0.121. The van der Waals surface area contributed by atoms with Crippen LogP contribution in [0, 0.1) is 11.3 Å². The van der Waals surface area contributed by atoms with Crippen LogP contribution in [0.1, 0.15) is 29.6 Å². The zero-order chi connectivity index (χ0) is 9.52. The Balaban J connectivity index is 2.46. The van der Waals surface area contributed by atoms with E-state index in [1.165, 1.54) is 0 Å². The summed E-state index contributed by atoms with van der Waals surface area (Å²) in [4.78, 5) is 11.4. The van der Waals surface area contributed by atoms with E-state index < -0.39 is 0 Å². The van der Waals surface area contributed by atoms with Crippen LogP contribution in [0.3, 0.4) is 0 Å². The first-order valence-electron chi connectivity index (χ1n) is 4.30. The van der Waals surface area contributed by atoms with Crippen molar-refractivity contribution in [3.8, 4) is 6.07 Å². The lowest BCUT2D eigenvalue weighted by atomic mass is 10.1. The fourth-order valence-electron chi connectivity index (χ4n) is 1.10. The Morgan fingerprint density at radius 1 is 1.31 bits per heavy atom. The molecule has 0 bridgehead atoms. The second-order valence-electron chi connectivity index (χ2n) is 2.80. The zero-order valence-electron chi connectivity index (χ0n) is 7.36. The van der Waals surface area contributed by atoms with Gasteiger partial charge in [-0.25, -0.2) is 0 Å². The first-order valence-corrected chi connectivity index (χ1v) is 4.30. The van der Waals surface area contributed by atoms with Crippen LogP contribution in [0.25, 0.3) is 0 Å². The van der Waals surface area contributed by atoms with Crippen molar-refractivity contribution >= 4 is 5.78 Å². The molecule has 0 saturated heterocycles. The first-order chi connectivity index (χ1) is 6.34. The maximum Gasteiger partial charge on any atom is 0.162 e. The van der Waals surface area contributed by atoms with Gasteiger partial charge >= 0.3 is 0 Å². The van der Waals surface area contributed by atoms with Gasteiger partial charge < -0.3 is 0 Å². The van der Waals surface area contributed by atoms with Crippen molar-refractivity contribution in [1.29, 1.82) is 5.26 Å². The van der Waals surface area contributed by atoms with Gasteiger partial charge in [-0.3, -0.25) is 4.79 Å². The minimum Gasteiger partial charge on any atom is -0.294 e. The number of Topliss-reactive ketones (excluding diaryl/α,β-unsaturated/α-hetero) is 1. The lowest BCUT2D eigenvalue weighted by molar-refractivity contribution is 0.0980. The Morgan fingerprint density at radius 3 is 2.62 bits per heavy atom. The highest BCUT2D eigenvalue weighted by molar-refractivity contribution is 5.95. The molecule has 2 nitrogen and oxygen atoms in total. The van der Waals surface area contributed by atoms with Gasteiger partial charge in [0.2, 0.25) is 0 Å². The Morgan fingerprint density at radius 2 is 2.00 bits per heavy atom. The van der Waals surface area contributed by atoms with E-state index in [1.807, 2.05) is 24.3 Å². The molecule has 0 amide bonds. The SMILES string of the molecule is N#CCCCC(=O)c1ccccc1. The molecule has 0 radical (unpaired) electrons. The number of unbranched alkanes of at least 4 members (excludes halogenated alkanes) is 1. The van der Waals surface area contributed by atoms with Crippen molar-refractivity contribution in [3.05, 3.63) is 35.9 Å². The first kappa shape index (κ1) is 9.47. The van der Waals surface area contributed by atoms with Crippen LogP contribution in [0.15, 0.2) is 30.3 Å². The average molecular weight is 173 g/mol. The second kappa shape index (κ2) is 5.10. The van der Waals surface area contributed by atoms with Crippen LogP contribution in [0.5, 0.6) is 0 Å². The fourth-order valence-corrected chi connectivity index (χ4v) is 1.10. The molecule has 1 aromatic carbocycles. The number of hydrogen-bond acceptors (Lipinski definition) is 2. The Kier molecular flexibility index (Phi) is 3.72. The summed E-state index contributed by atoms with van der Waals surface area (Å²) in [5, 5.41) is 8.29. The van der Waals surface area contributed by atoms with Crippen molar-refractivity contribution < 1.29 is 4.79 Å². The summed E-state index contributed by atoms with van der Waals surface area (Å²) in [5.74, 6) is 0.121. The summed E-state index contributed by atoms with van der Waals surface area (Å²) in [5.41, 5.74) is 0.737. The molecule has 1 aromatic rings. The monoisotopic (exact) mass is 173 g/mol. The molecule has 2 heteroatoms. The van der Waals surface area contributed by atoms with E-state index in [0.29, 0.717) is 19.3 Å². The summed E-state index contributed by atoms with van der Waals surface area (Å²) < 4.78 is 0. The predicted molar refractivity (Wildman–Crippen MR) is 50.2 cm³/mol. The number of hydrogen-bond donors (Lipinski definition) is 0. The highest BCUT2D eigenvalue weighted by Crippen LogP contribution is 2.05. The topological polar surface area (TPSA) is 40.9 Å². The highest BCUT2D eigenvalue weighted by Gasteiger charge is 2.03. The van der Waals surface area contributed by atoms with Crippen LogP contribution < -0.4 is 0 Å². The summed E-state index contributed by atoms with van der Waals surface area (Å²) in [6.07, 6.45) is 1.58. The van der Waals surface area contributed by atoms with Crippen LogP contribution in [-0.2, 0) is 0 Å². The average Bonchev–Trinajstić information content (AvgIpc) is 2.19. The summed E-state index contributed by atoms with van der Waals surface area (Å²) in [6, 6.07) is 11.2. The molecular formula is C11H11NO. The molecule has 13 heavy (non-hydrogen) atoms. The molecule has 0 fully saturated rings. The number of nitrogens with zero attached hydrogens (tertiary/aromatic N) is 1. The number of ketones is 1. The second-order valence-corrected chi connectivity index (χ2v) is 2.80. The van der Waals surface area contributed by atoms with Gasteiger partial charge in [-0.2, -0.15) is 5.26 Å². The quantitative estimate of drug-likeness (QED) is 0.518. The van der Waals surface area contributed by atoms with Gasteiger partial charge in [-0.15, -0.1) is 0 Å². The van der Waals surface area contributed by atoms with Crippen LogP contribution >= 0.6 is 0 Å². The highest BCUT2D eigenvalue weighted by atomic mass is 16.1. The molecule has 0 aliphatic heterocycles. The molecule has 0 unspecified atom stereocenters. The molecule has 0 N–H and O–H groups in total. The van der Waals surface area contributed by atoms with Gasteiger partial charge in [0.25, 0.3) is 0 Å². The lowest BCUT2D eigenvalue weighted by Gasteiger charge is -1.97. The Bertz CT molecular complexity index is 311. The predicted octanol–water partition coefficient (Wildman–Crippen LogP) is 2.56. The van der Waals surface area contributed by atoms with Crippen molar-refractivity contribution in [2.24, 2.45) is 0 Å². The van der Waals surface area contributed by atoms with E-state index in [-0.39, 0.29) is 5.78 Å². The Hall–Kier alpha value is -1.62. The van der Waals surface area contributed by atoms with Crippen LogP contribution in [-0.4, -0.2) is 5.78 Å². The fraction of sp³-hybridized carbons (Fsp3) is 0.273. The largest absolute Gasteiger partial charge is 0.294 e. The van der Waals surface area contributed by atoms with Gasteiger partial charge in [0, 0.05) is 18.4 Å². The van der Waals surface area contributed by atoms with Crippen molar-refractivity contribution in [3.63, 3.8) is 0 Å². The number of carbonyl (C=O) groups is 1. The van der Waals surface area contributed by atoms with Crippen molar-refractivity contribution in [2.45, 2.75) is 19.3 Å². The van der Waals surface area contributed by atoms with Gasteiger partial charge in [-0.05, 0) is 6.42 Å². The van der Waals surface area contributed by atoms with Gasteiger partial charge in [0.05, 0.1) is 6.07 Å². The van der Waals surface area contributed by atoms with E-state index in [1.54, 1.807) is 12.1 Å². The maximum absolute atomic E-state index is 11.4. The normalized spacial score (nSPS) is 9.15. The smallest absolute Gasteiger partial charge is 0.162 e. The number of carbonyl (C=O) groups excluding carboxylic acids is 1. The molecule has 0 heterocycles. The van der Waals surface area contributed by atoms with Crippen LogP contribution in [0.2, 0.25) is 0 Å². The van der Waals surface area contributed by atoms with Gasteiger partial charge in [0.1, 0.15) is 0 Å². The number of rotatable bonds is 4. The van der Waals surface area contributed by atoms with Crippen molar-refractivity contribution in [2.75, 3.05) is 0 Å². The molecule has 0 saturated carbocycles.